The van der Waals surface area contributed by atoms with Gasteiger partial charge in [0.1, 0.15) is 19.0 Å². The zero-order valence-electron chi connectivity index (χ0n) is 14.4. The third-order valence-corrected chi connectivity index (χ3v) is 2.95. The third-order valence-electron chi connectivity index (χ3n) is 2.95. The number of carboxylic acids is 1. The Kier molecular flexibility index (Phi) is 7.65. The fourth-order valence-corrected chi connectivity index (χ4v) is 2.13. The molecule has 1 aromatic rings. The van der Waals surface area contributed by atoms with Crippen LogP contribution in [0.3, 0.4) is 0 Å². The van der Waals surface area contributed by atoms with Crippen molar-refractivity contribution in [2.24, 2.45) is 0 Å². The number of anilines is 1. The van der Waals surface area contributed by atoms with E-state index < -0.39 is 42.0 Å². The van der Waals surface area contributed by atoms with E-state index in [0.29, 0.717) is 0 Å². The number of nitrogens with zero attached hydrogens (tertiary/aromatic N) is 3. The molecule has 12 nitrogen and oxygen atoms in total. The van der Waals surface area contributed by atoms with E-state index in [1.54, 1.807) is 0 Å². The van der Waals surface area contributed by atoms with Crippen LogP contribution in [0, 0.1) is 0 Å². The number of esters is 2. The minimum Gasteiger partial charge on any atom is -0.481 e. The first-order chi connectivity index (χ1) is 12.1. The lowest BCUT2D eigenvalue weighted by Crippen LogP contribution is -2.34. The number of carbonyl (C=O) groups is 3. The highest BCUT2D eigenvalue weighted by Gasteiger charge is 2.40. The summed E-state index contributed by atoms with van der Waals surface area (Å²) in [7, 11) is 0. The van der Waals surface area contributed by atoms with E-state index in [-0.39, 0.29) is 19.0 Å². The molecule has 1 saturated heterocycles. The molecule has 3 atom stereocenters. The van der Waals surface area contributed by atoms with Crippen molar-refractivity contribution in [1.82, 2.24) is 14.5 Å². The molecule has 1 aromatic heterocycles. The molecule has 12 heteroatoms. The van der Waals surface area contributed by atoms with Crippen molar-refractivity contribution < 1.29 is 33.7 Å². The molecule has 144 valence electrons. The van der Waals surface area contributed by atoms with E-state index >= 15 is 0 Å². The predicted molar refractivity (Wildman–Crippen MR) is 84.7 cm³/mol. The third kappa shape index (κ3) is 6.84. The molecule has 0 aromatic carbocycles. The molecule has 2 unspecified atom stereocenters. The standard InChI is InChI=1S/C12H16N4O6.C2H4O2/c1-6(17)20-4-8-3-9(21-7(2)18)10(22-8)16-5-14-11(13)15-12(16)19;1-2(3)4/h5,8-10H,3-4H2,1-2H3,(H2,13,15,19);1H3,(H,3,4)/t8?,9-,10?;/m0./s1. The van der Waals surface area contributed by atoms with Gasteiger partial charge in [-0.3, -0.25) is 19.0 Å². The second-order valence-corrected chi connectivity index (χ2v) is 5.26. The van der Waals surface area contributed by atoms with E-state index in [1.165, 1.54) is 20.2 Å². The smallest absolute Gasteiger partial charge is 0.354 e. The molecule has 0 spiro atoms. The number of nitrogen functional groups attached to an aromatic ring is 1. The fraction of sp³-hybridized carbons (Fsp3) is 0.571. The van der Waals surface area contributed by atoms with Gasteiger partial charge in [-0.05, 0) is 0 Å². The topological polar surface area (TPSA) is 173 Å². The maximum absolute atomic E-state index is 11.9. The summed E-state index contributed by atoms with van der Waals surface area (Å²) >= 11 is 0. The first-order valence-corrected chi connectivity index (χ1v) is 7.46. The molecule has 26 heavy (non-hydrogen) atoms. The van der Waals surface area contributed by atoms with Gasteiger partial charge in [-0.2, -0.15) is 4.98 Å². The molecule has 1 aliphatic rings. The van der Waals surface area contributed by atoms with Crippen LogP contribution in [-0.2, 0) is 28.6 Å². The summed E-state index contributed by atoms with van der Waals surface area (Å²) in [6.07, 6.45) is -0.697. The highest BCUT2D eigenvalue weighted by molar-refractivity contribution is 5.66. The SMILES string of the molecule is CC(=O)O.CC(=O)OCC1C[C@H](OC(C)=O)C(n2cnc(N)nc2=O)O1. The van der Waals surface area contributed by atoms with Crippen LogP contribution in [-0.4, -0.2) is 56.4 Å². The largest absolute Gasteiger partial charge is 0.481 e. The number of hydrogen-bond donors (Lipinski definition) is 2. The summed E-state index contributed by atoms with van der Waals surface area (Å²) in [6, 6.07) is 0. The van der Waals surface area contributed by atoms with Crippen LogP contribution in [0.5, 0.6) is 0 Å². The molecule has 2 rings (SSSR count). The Hall–Kier alpha value is -3.02. The second-order valence-electron chi connectivity index (χ2n) is 5.26. The molecule has 0 bridgehead atoms. The van der Waals surface area contributed by atoms with Crippen molar-refractivity contribution in [2.75, 3.05) is 12.3 Å². The van der Waals surface area contributed by atoms with Crippen LogP contribution in [0.2, 0.25) is 0 Å². The molecule has 0 radical (unpaired) electrons. The van der Waals surface area contributed by atoms with Crippen LogP contribution >= 0.6 is 0 Å². The quantitative estimate of drug-likeness (QED) is 0.626. The maximum atomic E-state index is 11.9. The van der Waals surface area contributed by atoms with Crippen molar-refractivity contribution in [3.8, 4) is 0 Å². The minimum atomic E-state index is -0.905. The highest BCUT2D eigenvalue weighted by Crippen LogP contribution is 2.30. The Bertz CT molecular complexity index is 715. The molecule has 0 amide bonds. The first kappa shape index (κ1) is 21.0. The van der Waals surface area contributed by atoms with Gasteiger partial charge in [0.05, 0.1) is 6.10 Å². The number of rotatable bonds is 4. The molecule has 1 aliphatic heterocycles. The van der Waals surface area contributed by atoms with Gasteiger partial charge >= 0.3 is 17.6 Å². The van der Waals surface area contributed by atoms with Gasteiger partial charge in [0.2, 0.25) is 5.95 Å². The Morgan fingerprint density at radius 1 is 1.35 bits per heavy atom. The van der Waals surface area contributed by atoms with E-state index in [0.717, 1.165) is 11.5 Å². The van der Waals surface area contributed by atoms with E-state index in [9.17, 15) is 14.4 Å². The zero-order chi connectivity index (χ0) is 19.9. The van der Waals surface area contributed by atoms with Crippen LogP contribution in [0.15, 0.2) is 11.1 Å². The van der Waals surface area contributed by atoms with Crippen molar-refractivity contribution in [1.29, 1.82) is 0 Å². The van der Waals surface area contributed by atoms with Gasteiger partial charge in [-0.1, -0.05) is 0 Å². The van der Waals surface area contributed by atoms with E-state index in [1.807, 2.05) is 0 Å². The van der Waals surface area contributed by atoms with Crippen LogP contribution in [0.4, 0.5) is 5.95 Å². The summed E-state index contributed by atoms with van der Waals surface area (Å²) in [5.74, 6) is -1.97. The number of nitrogens with two attached hydrogens (primary N) is 1. The Morgan fingerprint density at radius 2 is 1.96 bits per heavy atom. The van der Waals surface area contributed by atoms with Crippen LogP contribution in [0.25, 0.3) is 0 Å². The number of aromatic nitrogens is 3. The molecule has 1 fully saturated rings. The Balaban J connectivity index is 0.000000765. The lowest BCUT2D eigenvalue weighted by atomic mass is 10.2. The number of ether oxygens (including phenoxy) is 3. The molecule has 0 aliphatic carbocycles. The molecule has 0 saturated carbocycles. The van der Waals surface area contributed by atoms with Gasteiger partial charge in [-0.25, -0.2) is 9.78 Å². The van der Waals surface area contributed by atoms with Gasteiger partial charge in [0.15, 0.2) is 6.23 Å². The average Bonchev–Trinajstić information content (AvgIpc) is 2.86. The molecule has 3 N–H and O–H groups in total. The summed E-state index contributed by atoms with van der Waals surface area (Å²) in [5, 5.41) is 7.42. The zero-order valence-corrected chi connectivity index (χ0v) is 14.4. The van der Waals surface area contributed by atoms with Gasteiger partial charge in [0.25, 0.3) is 5.97 Å². The van der Waals surface area contributed by atoms with E-state index in [4.69, 9.17) is 29.8 Å². The average molecular weight is 372 g/mol. The van der Waals surface area contributed by atoms with Gasteiger partial charge in [-0.15, -0.1) is 0 Å². The van der Waals surface area contributed by atoms with Crippen molar-refractivity contribution in [3.05, 3.63) is 16.8 Å². The summed E-state index contributed by atoms with van der Waals surface area (Å²) in [5.41, 5.74) is 4.65. The number of hydrogen-bond acceptors (Lipinski definition) is 10. The predicted octanol–water partition coefficient (Wildman–Crippen LogP) is -0.906. The second kappa shape index (κ2) is 9.46. The summed E-state index contributed by atoms with van der Waals surface area (Å²) < 4.78 is 16.7. The first-order valence-electron chi connectivity index (χ1n) is 7.46. The van der Waals surface area contributed by atoms with Crippen LogP contribution in [0.1, 0.15) is 33.4 Å². The molecular formula is C14H20N4O8. The van der Waals surface area contributed by atoms with Crippen molar-refractivity contribution >= 4 is 23.9 Å². The fourth-order valence-electron chi connectivity index (χ4n) is 2.13. The van der Waals surface area contributed by atoms with Crippen molar-refractivity contribution in [3.63, 3.8) is 0 Å². The van der Waals surface area contributed by atoms with Gasteiger partial charge < -0.3 is 25.1 Å². The lowest BCUT2D eigenvalue weighted by Gasteiger charge is -2.19. The number of carbonyl (C=O) groups excluding carboxylic acids is 2. The summed E-state index contributed by atoms with van der Waals surface area (Å²) in [4.78, 5) is 50.1. The Morgan fingerprint density at radius 3 is 2.46 bits per heavy atom. The van der Waals surface area contributed by atoms with Crippen LogP contribution < -0.4 is 11.4 Å². The molecule has 2 heterocycles. The molecular weight excluding hydrogens is 352 g/mol. The monoisotopic (exact) mass is 372 g/mol. The van der Waals surface area contributed by atoms with Crippen molar-refractivity contribution in [2.45, 2.75) is 45.6 Å². The lowest BCUT2D eigenvalue weighted by molar-refractivity contribution is -0.153. The maximum Gasteiger partial charge on any atom is 0.354 e. The normalized spacial score (nSPS) is 21.3. The van der Waals surface area contributed by atoms with Gasteiger partial charge in [0, 0.05) is 27.2 Å². The summed E-state index contributed by atoms with van der Waals surface area (Å²) in [6.45, 7) is 3.60. The van der Waals surface area contributed by atoms with E-state index in [2.05, 4.69) is 9.97 Å². The highest BCUT2D eigenvalue weighted by atomic mass is 16.6. The minimum absolute atomic E-state index is 0.00578. The number of aliphatic carboxylic acids is 1. The Labute approximate surface area is 147 Å². The number of carboxylic acid groups (broad SMARTS) is 1.